The number of carbonyl (C=O) groups is 1. The normalized spacial score (nSPS) is 14.0. The maximum absolute atomic E-state index is 12.9. The molecule has 6 nitrogen and oxygen atoms in total. The summed E-state index contributed by atoms with van der Waals surface area (Å²) < 4.78 is 42.6. The van der Waals surface area contributed by atoms with Crippen LogP contribution in [0.4, 0.5) is 18.9 Å². The van der Waals surface area contributed by atoms with Gasteiger partial charge in [-0.15, -0.1) is 22.6 Å². The summed E-state index contributed by atoms with van der Waals surface area (Å²) in [6.45, 7) is 1.65. The fourth-order valence-electron chi connectivity index (χ4n) is 2.98. The van der Waals surface area contributed by atoms with E-state index in [2.05, 4.69) is 15.5 Å². The van der Waals surface area contributed by atoms with Crippen molar-refractivity contribution in [1.82, 2.24) is 15.5 Å². The van der Waals surface area contributed by atoms with Crippen molar-refractivity contribution in [2.75, 3.05) is 18.0 Å². The number of nitrogens with one attached hydrogen (secondary N) is 1. The second kappa shape index (κ2) is 8.85. The Morgan fingerprint density at radius 2 is 1.73 bits per heavy atom. The van der Waals surface area contributed by atoms with E-state index in [0.29, 0.717) is 25.2 Å². The molecule has 1 aliphatic heterocycles. The number of anilines is 1. The Morgan fingerprint density at radius 3 is 2.27 bits per heavy atom. The summed E-state index contributed by atoms with van der Waals surface area (Å²) in [6, 6.07) is 16.0. The molecule has 1 saturated heterocycles. The van der Waals surface area contributed by atoms with Crippen LogP contribution in [0.2, 0.25) is 0 Å². The van der Waals surface area contributed by atoms with Gasteiger partial charge >= 0.3 is 12.1 Å². The molecule has 2 heterocycles. The van der Waals surface area contributed by atoms with Crippen LogP contribution in [0, 0.1) is 5.92 Å². The van der Waals surface area contributed by atoms with Gasteiger partial charge in [0.1, 0.15) is 0 Å². The summed E-state index contributed by atoms with van der Waals surface area (Å²) in [6.07, 6.45) is -4.68. The number of rotatable bonds is 5. The smallest absolute Gasteiger partial charge is 0.413 e. The average Bonchev–Trinajstić information content (AvgIpc) is 3.16. The number of alkyl halides is 3. The topological polar surface area (TPSA) is 71.3 Å². The first-order valence-electron chi connectivity index (χ1n) is 8.99. The SMILES string of the molecule is Cl.O=C(C1CNC1)N(Cc1ccc(-c2nnc(C(F)(F)F)o2)cc1)c1ccccc1. The van der Waals surface area contributed by atoms with Crippen molar-refractivity contribution in [2.45, 2.75) is 12.7 Å². The lowest BCUT2D eigenvalue weighted by atomic mass is 10.0. The minimum atomic E-state index is -4.68. The van der Waals surface area contributed by atoms with E-state index in [1.54, 1.807) is 29.2 Å². The molecular weight excluding hydrogens is 421 g/mol. The zero-order valence-corrected chi connectivity index (χ0v) is 16.4. The Labute approximate surface area is 176 Å². The van der Waals surface area contributed by atoms with Crippen LogP contribution in [0.25, 0.3) is 11.5 Å². The highest BCUT2D eigenvalue weighted by molar-refractivity contribution is 5.95. The standard InChI is InChI=1S/C20H17F3N4O2.ClH/c21-20(22,23)19-26-25-17(29-19)14-8-6-13(7-9-14)12-27(16-4-2-1-3-5-16)18(28)15-10-24-11-15;/h1-9,15,24H,10-12H2;1H. The molecule has 2 aromatic carbocycles. The van der Waals surface area contributed by atoms with Crippen LogP contribution in [0.15, 0.2) is 59.0 Å². The van der Waals surface area contributed by atoms with Gasteiger partial charge in [0.15, 0.2) is 0 Å². The first kappa shape index (κ1) is 21.8. The fourth-order valence-corrected chi connectivity index (χ4v) is 2.98. The van der Waals surface area contributed by atoms with Crippen LogP contribution in [0.5, 0.6) is 0 Å². The molecule has 0 unspecified atom stereocenters. The largest absolute Gasteiger partial charge is 0.470 e. The minimum absolute atomic E-state index is 0. The molecule has 3 aromatic rings. The number of carbonyl (C=O) groups excluding carboxylic acids is 1. The second-order valence-corrected chi connectivity index (χ2v) is 6.72. The van der Waals surface area contributed by atoms with Crippen LogP contribution in [0.3, 0.4) is 0 Å². The molecule has 1 amide bonds. The molecule has 0 aliphatic carbocycles. The second-order valence-electron chi connectivity index (χ2n) is 6.72. The molecule has 10 heteroatoms. The van der Waals surface area contributed by atoms with E-state index in [1.165, 1.54) is 0 Å². The molecule has 0 radical (unpaired) electrons. The van der Waals surface area contributed by atoms with Gasteiger partial charge in [0, 0.05) is 24.3 Å². The van der Waals surface area contributed by atoms with Gasteiger partial charge in [0.05, 0.1) is 12.5 Å². The van der Waals surface area contributed by atoms with Crippen LogP contribution < -0.4 is 10.2 Å². The highest BCUT2D eigenvalue weighted by Crippen LogP contribution is 2.30. The van der Waals surface area contributed by atoms with Crippen LogP contribution in [0.1, 0.15) is 11.5 Å². The number of benzene rings is 2. The Morgan fingerprint density at radius 1 is 1.07 bits per heavy atom. The summed E-state index contributed by atoms with van der Waals surface area (Å²) in [5.74, 6) is -1.62. The third kappa shape index (κ3) is 4.63. The van der Waals surface area contributed by atoms with Crippen LogP contribution >= 0.6 is 12.4 Å². The molecule has 0 saturated carbocycles. The third-order valence-electron chi connectivity index (χ3n) is 4.67. The lowest BCUT2D eigenvalue weighted by Gasteiger charge is -2.32. The number of hydrogen-bond acceptors (Lipinski definition) is 5. The van der Waals surface area contributed by atoms with Crippen molar-refractivity contribution in [3.63, 3.8) is 0 Å². The quantitative estimate of drug-likeness (QED) is 0.653. The Kier molecular flexibility index (Phi) is 6.42. The number of hydrogen-bond donors (Lipinski definition) is 1. The Balaban J connectivity index is 0.00000256. The molecule has 0 spiro atoms. The molecule has 1 N–H and O–H groups in total. The first-order chi connectivity index (χ1) is 13.9. The summed E-state index contributed by atoms with van der Waals surface area (Å²) in [4.78, 5) is 14.6. The predicted molar refractivity (Wildman–Crippen MR) is 106 cm³/mol. The van der Waals surface area contributed by atoms with E-state index in [0.717, 1.165) is 11.3 Å². The number of halogens is 4. The van der Waals surface area contributed by atoms with Gasteiger partial charge in [-0.05, 0) is 29.8 Å². The third-order valence-corrected chi connectivity index (χ3v) is 4.67. The van der Waals surface area contributed by atoms with E-state index in [9.17, 15) is 18.0 Å². The zero-order valence-electron chi connectivity index (χ0n) is 15.6. The molecular formula is C20H18ClF3N4O2. The summed E-state index contributed by atoms with van der Waals surface area (Å²) in [5, 5.41) is 9.58. The van der Waals surface area contributed by atoms with Gasteiger partial charge in [-0.25, -0.2) is 0 Å². The van der Waals surface area contributed by atoms with Gasteiger partial charge in [0.2, 0.25) is 11.8 Å². The van der Waals surface area contributed by atoms with Gasteiger partial charge in [0.25, 0.3) is 0 Å². The van der Waals surface area contributed by atoms with Crippen molar-refractivity contribution >= 4 is 24.0 Å². The monoisotopic (exact) mass is 438 g/mol. The van der Waals surface area contributed by atoms with E-state index < -0.39 is 12.1 Å². The van der Waals surface area contributed by atoms with Crippen molar-refractivity contribution in [3.8, 4) is 11.5 Å². The molecule has 1 aromatic heterocycles. The fraction of sp³-hybridized carbons (Fsp3) is 0.250. The molecule has 1 aliphatic rings. The number of nitrogens with zero attached hydrogens (tertiary/aromatic N) is 3. The maximum atomic E-state index is 12.9. The van der Waals surface area contributed by atoms with E-state index >= 15 is 0 Å². The highest BCUT2D eigenvalue weighted by Gasteiger charge is 2.38. The molecule has 158 valence electrons. The number of amides is 1. The summed E-state index contributed by atoms with van der Waals surface area (Å²) >= 11 is 0. The van der Waals surface area contributed by atoms with E-state index in [1.807, 2.05) is 30.3 Å². The maximum Gasteiger partial charge on any atom is 0.470 e. The number of para-hydroxylation sites is 1. The van der Waals surface area contributed by atoms with Crippen molar-refractivity contribution in [2.24, 2.45) is 5.92 Å². The Bertz CT molecular complexity index is 989. The molecule has 0 atom stereocenters. The zero-order chi connectivity index (χ0) is 20.4. The average molecular weight is 439 g/mol. The summed E-state index contributed by atoms with van der Waals surface area (Å²) in [5.41, 5.74) is 1.99. The number of aromatic nitrogens is 2. The lowest BCUT2D eigenvalue weighted by molar-refractivity contribution is -0.157. The van der Waals surface area contributed by atoms with Gasteiger partial charge in [-0.3, -0.25) is 4.79 Å². The van der Waals surface area contributed by atoms with Gasteiger partial charge < -0.3 is 14.6 Å². The first-order valence-corrected chi connectivity index (χ1v) is 8.99. The van der Waals surface area contributed by atoms with Crippen molar-refractivity contribution in [1.29, 1.82) is 0 Å². The van der Waals surface area contributed by atoms with E-state index in [4.69, 9.17) is 4.42 Å². The highest BCUT2D eigenvalue weighted by atomic mass is 35.5. The van der Waals surface area contributed by atoms with Crippen molar-refractivity contribution < 1.29 is 22.4 Å². The van der Waals surface area contributed by atoms with Gasteiger partial charge in [-0.2, -0.15) is 13.2 Å². The predicted octanol–water partition coefficient (Wildman–Crippen LogP) is 3.93. The molecule has 0 bridgehead atoms. The molecule has 30 heavy (non-hydrogen) atoms. The van der Waals surface area contributed by atoms with Crippen molar-refractivity contribution in [3.05, 3.63) is 66.1 Å². The molecule has 4 rings (SSSR count). The van der Waals surface area contributed by atoms with E-state index in [-0.39, 0.29) is 30.1 Å². The van der Waals surface area contributed by atoms with Gasteiger partial charge in [-0.1, -0.05) is 30.3 Å². The Hall–Kier alpha value is -2.91. The van der Waals surface area contributed by atoms with Crippen LogP contribution in [-0.2, 0) is 17.5 Å². The molecule has 1 fully saturated rings. The summed E-state index contributed by atoms with van der Waals surface area (Å²) in [7, 11) is 0. The minimum Gasteiger partial charge on any atom is -0.413 e. The lowest BCUT2D eigenvalue weighted by Crippen LogP contribution is -2.52. The van der Waals surface area contributed by atoms with Crippen LogP contribution in [-0.4, -0.2) is 29.2 Å².